The molecule has 1 saturated carbocycles. The number of aliphatic carboxylic acids is 1. The first-order chi connectivity index (χ1) is 7.90. The number of hydrogen-bond donors (Lipinski definition) is 3. The fourth-order valence-corrected chi connectivity index (χ4v) is 1.80. The largest absolute Gasteiger partial charge is 0.480 e. The van der Waals surface area contributed by atoms with Crippen molar-refractivity contribution in [1.29, 1.82) is 0 Å². The van der Waals surface area contributed by atoms with Gasteiger partial charge < -0.3 is 15.7 Å². The SMILES string of the molecule is C=CCC(C)NC(=O)NC(C)(C(=O)O)C1CC1. The fourth-order valence-electron chi connectivity index (χ4n) is 1.80. The van der Waals surface area contributed by atoms with E-state index >= 15 is 0 Å². The number of hydrogen-bond acceptors (Lipinski definition) is 2. The van der Waals surface area contributed by atoms with Crippen molar-refractivity contribution in [3.05, 3.63) is 12.7 Å². The molecule has 2 atom stereocenters. The topological polar surface area (TPSA) is 78.4 Å². The van der Waals surface area contributed by atoms with E-state index in [0.717, 1.165) is 12.8 Å². The van der Waals surface area contributed by atoms with Gasteiger partial charge in [0.2, 0.25) is 0 Å². The number of urea groups is 1. The Balaban J connectivity index is 2.53. The van der Waals surface area contributed by atoms with E-state index < -0.39 is 17.5 Å². The highest BCUT2D eigenvalue weighted by molar-refractivity contribution is 5.86. The van der Waals surface area contributed by atoms with Crippen LogP contribution in [-0.2, 0) is 4.79 Å². The molecule has 1 rings (SSSR count). The molecule has 1 aliphatic rings. The van der Waals surface area contributed by atoms with Crippen LogP contribution >= 0.6 is 0 Å². The summed E-state index contributed by atoms with van der Waals surface area (Å²) in [5, 5.41) is 14.4. The molecule has 0 aromatic carbocycles. The molecule has 0 aromatic heterocycles. The minimum absolute atomic E-state index is 0.0421. The van der Waals surface area contributed by atoms with Crippen LogP contribution in [0.1, 0.15) is 33.1 Å². The van der Waals surface area contributed by atoms with Gasteiger partial charge in [0.15, 0.2) is 0 Å². The first-order valence-corrected chi connectivity index (χ1v) is 5.83. The average Bonchev–Trinajstić information content (AvgIpc) is 2.99. The van der Waals surface area contributed by atoms with Gasteiger partial charge in [-0.05, 0) is 39.0 Å². The predicted octanol–water partition coefficient (Wildman–Crippen LogP) is 1.50. The molecule has 0 radical (unpaired) electrons. The van der Waals surface area contributed by atoms with E-state index in [2.05, 4.69) is 17.2 Å². The minimum Gasteiger partial charge on any atom is -0.480 e. The molecule has 96 valence electrons. The summed E-state index contributed by atoms with van der Waals surface area (Å²) in [4.78, 5) is 22.9. The maximum Gasteiger partial charge on any atom is 0.329 e. The normalized spacial score (nSPS) is 19.9. The van der Waals surface area contributed by atoms with Crippen molar-refractivity contribution in [2.75, 3.05) is 0 Å². The molecule has 5 heteroatoms. The van der Waals surface area contributed by atoms with Crippen LogP contribution in [0.25, 0.3) is 0 Å². The van der Waals surface area contributed by atoms with Crippen molar-refractivity contribution >= 4 is 12.0 Å². The van der Waals surface area contributed by atoms with Gasteiger partial charge in [0.1, 0.15) is 5.54 Å². The van der Waals surface area contributed by atoms with Crippen molar-refractivity contribution in [2.45, 2.75) is 44.7 Å². The molecule has 0 saturated heterocycles. The van der Waals surface area contributed by atoms with Gasteiger partial charge in [-0.2, -0.15) is 0 Å². The monoisotopic (exact) mass is 240 g/mol. The lowest BCUT2D eigenvalue weighted by Crippen LogP contribution is -2.57. The van der Waals surface area contributed by atoms with E-state index in [-0.39, 0.29) is 12.0 Å². The Morgan fingerprint density at radius 3 is 2.59 bits per heavy atom. The van der Waals surface area contributed by atoms with Crippen LogP contribution in [0.3, 0.4) is 0 Å². The third-order valence-electron chi connectivity index (χ3n) is 3.11. The second-order valence-electron chi connectivity index (χ2n) is 4.81. The van der Waals surface area contributed by atoms with E-state index in [1.807, 2.05) is 6.92 Å². The summed E-state index contributed by atoms with van der Waals surface area (Å²) in [6, 6.07) is -0.485. The minimum atomic E-state index is -1.15. The molecule has 0 aliphatic heterocycles. The van der Waals surface area contributed by atoms with Crippen LogP contribution in [0.15, 0.2) is 12.7 Å². The number of carboxylic acid groups (broad SMARTS) is 1. The van der Waals surface area contributed by atoms with Gasteiger partial charge >= 0.3 is 12.0 Å². The molecule has 0 aromatic rings. The van der Waals surface area contributed by atoms with Crippen LogP contribution in [0.2, 0.25) is 0 Å². The zero-order chi connectivity index (χ0) is 13.1. The van der Waals surface area contributed by atoms with E-state index in [4.69, 9.17) is 0 Å². The molecule has 17 heavy (non-hydrogen) atoms. The van der Waals surface area contributed by atoms with E-state index in [9.17, 15) is 14.7 Å². The fraction of sp³-hybridized carbons (Fsp3) is 0.667. The summed E-state index contributed by atoms with van der Waals surface area (Å²) in [6.45, 7) is 6.99. The van der Waals surface area contributed by atoms with Crippen LogP contribution in [0.5, 0.6) is 0 Å². The highest BCUT2D eigenvalue weighted by Crippen LogP contribution is 2.39. The maximum atomic E-state index is 11.7. The molecule has 0 bridgehead atoms. The zero-order valence-electron chi connectivity index (χ0n) is 10.3. The number of nitrogens with one attached hydrogen (secondary N) is 2. The van der Waals surface area contributed by atoms with Crippen LogP contribution in [0.4, 0.5) is 4.79 Å². The standard InChI is InChI=1S/C12H20N2O3/c1-4-5-8(2)13-11(17)14-12(3,10(15)16)9-6-7-9/h4,8-9H,1,5-7H2,2-3H3,(H,15,16)(H2,13,14,17). The quantitative estimate of drug-likeness (QED) is 0.616. The molecule has 2 unspecified atom stereocenters. The maximum absolute atomic E-state index is 11.7. The summed E-state index contributed by atoms with van der Waals surface area (Å²) in [7, 11) is 0. The van der Waals surface area contributed by atoms with Gasteiger partial charge in [-0.3, -0.25) is 0 Å². The smallest absolute Gasteiger partial charge is 0.329 e. The second kappa shape index (κ2) is 5.21. The van der Waals surface area contributed by atoms with Crippen LogP contribution in [0, 0.1) is 5.92 Å². The van der Waals surface area contributed by atoms with Gasteiger partial charge in [0, 0.05) is 6.04 Å². The molecule has 1 aliphatic carbocycles. The molecule has 5 nitrogen and oxygen atoms in total. The lowest BCUT2D eigenvalue weighted by atomic mass is 9.96. The summed E-state index contributed by atoms with van der Waals surface area (Å²) in [6.07, 6.45) is 4.07. The Morgan fingerprint density at radius 1 is 1.59 bits per heavy atom. The molecule has 0 spiro atoms. The predicted molar refractivity (Wildman–Crippen MR) is 64.7 cm³/mol. The Hall–Kier alpha value is -1.52. The van der Waals surface area contributed by atoms with E-state index in [0.29, 0.717) is 6.42 Å². The third-order valence-corrected chi connectivity index (χ3v) is 3.11. The lowest BCUT2D eigenvalue weighted by Gasteiger charge is -2.27. The summed E-state index contributed by atoms with van der Waals surface area (Å²) >= 11 is 0. The molecule has 2 amide bonds. The Labute approximate surface area is 101 Å². The van der Waals surface area contributed by atoms with E-state index in [1.165, 1.54) is 0 Å². The number of carbonyl (C=O) groups is 2. The number of rotatable bonds is 6. The second-order valence-corrected chi connectivity index (χ2v) is 4.81. The van der Waals surface area contributed by atoms with E-state index in [1.54, 1.807) is 13.0 Å². The Morgan fingerprint density at radius 2 is 2.18 bits per heavy atom. The first-order valence-electron chi connectivity index (χ1n) is 5.83. The van der Waals surface area contributed by atoms with Gasteiger partial charge in [-0.25, -0.2) is 9.59 Å². The molecular weight excluding hydrogens is 220 g/mol. The molecule has 1 fully saturated rings. The van der Waals surface area contributed by atoms with Gasteiger partial charge in [-0.15, -0.1) is 6.58 Å². The van der Waals surface area contributed by atoms with Crippen molar-refractivity contribution in [2.24, 2.45) is 5.92 Å². The van der Waals surface area contributed by atoms with Gasteiger partial charge in [0.05, 0.1) is 0 Å². The Kier molecular flexibility index (Phi) is 4.15. The summed E-state index contributed by atoms with van der Waals surface area (Å²) in [5.74, 6) is -0.938. The summed E-state index contributed by atoms with van der Waals surface area (Å²) in [5.41, 5.74) is -1.15. The van der Waals surface area contributed by atoms with Crippen LogP contribution < -0.4 is 10.6 Å². The number of amides is 2. The van der Waals surface area contributed by atoms with Crippen molar-refractivity contribution < 1.29 is 14.7 Å². The number of carbonyl (C=O) groups excluding carboxylic acids is 1. The Bertz CT molecular complexity index is 326. The van der Waals surface area contributed by atoms with Gasteiger partial charge in [0.25, 0.3) is 0 Å². The van der Waals surface area contributed by atoms with Crippen LogP contribution in [-0.4, -0.2) is 28.7 Å². The van der Waals surface area contributed by atoms with Crippen molar-refractivity contribution in [3.63, 3.8) is 0 Å². The van der Waals surface area contributed by atoms with Crippen molar-refractivity contribution in [3.8, 4) is 0 Å². The lowest BCUT2D eigenvalue weighted by molar-refractivity contribution is -0.144. The van der Waals surface area contributed by atoms with Crippen molar-refractivity contribution in [1.82, 2.24) is 10.6 Å². The third kappa shape index (κ3) is 3.47. The molecule has 3 N–H and O–H groups in total. The van der Waals surface area contributed by atoms with Gasteiger partial charge in [-0.1, -0.05) is 6.08 Å². The highest BCUT2D eigenvalue weighted by Gasteiger charge is 2.48. The molecule has 0 heterocycles. The zero-order valence-corrected chi connectivity index (χ0v) is 10.3. The molecular formula is C12H20N2O3. The average molecular weight is 240 g/mol. The first kappa shape index (κ1) is 13.5. The number of carboxylic acids is 1. The summed E-state index contributed by atoms with van der Waals surface area (Å²) < 4.78 is 0. The highest BCUT2D eigenvalue weighted by atomic mass is 16.4.